The summed E-state index contributed by atoms with van der Waals surface area (Å²) in [7, 11) is 0. The van der Waals surface area contributed by atoms with Crippen LogP contribution in [0.1, 0.15) is 12.5 Å². The highest BCUT2D eigenvalue weighted by atomic mass is 32.1. The van der Waals surface area contributed by atoms with E-state index in [0.29, 0.717) is 53.5 Å². The van der Waals surface area contributed by atoms with Crippen LogP contribution in [0.5, 0.6) is 5.88 Å². The average Bonchev–Trinajstić information content (AvgIpc) is 3.18. The molecule has 6 nitrogen and oxygen atoms in total. The van der Waals surface area contributed by atoms with Crippen LogP contribution in [0.15, 0.2) is 29.9 Å². The van der Waals surface area contributed by atoms with Crippen molar-refractivity contribution in [2.45, 2.75) is 19.0 Å². The standard InChI is InChI=1S/C23H21F3N4O2S/c1-23(25,26)11-30-6-14-8-31-9-15(7-30)20(14)32-22-21-19(28-12-29-22)17(10-33-21)16-3-2-13(5-27)4-18(16)24/h2-4,10,12,14-15,20H,6-9,11H2,1H3. The number of benzene rings is 1. The van der Waals surface area contributed by atoms with Crippen molar-refractivity contribution in [3.63, 3.8) is 0 Å². The van der Waals surface area contributed by atoms with Gasteiger partial charge in [0, 0.05) is 48.4 Å². The lowest BCUT2D eigenvalue weighted by Crippen LogP contribution is -2.58. The number of ether oxygens (including phenoxy) is 2. The molecule has 4 heterocycles. The van der Waals surface area contributed by atoms with Gasteiger partial charge in [-0.3, -0.25) is 4.90 Å². The molecule has 10 heteroatoms. The van der Waals surface area contributed by atoms with E-state index in [1.807, 2.05) is 6.07 Å². The number of piperidine rings is 1. The number of alkyl halides is 2. The van der Waals surface area contributed by atoms with Crippen LogP contribution in [0.25, 0.3) is 21.3 Å². The third-order valence-corrected chi connectivity index (χ3v) is 6.99. The third-order valence-electron chi connectivity index (χ3n) is 6.04. The smallest absolute Gasteiger partial charge is 0.257 e. The molecule has 3 aromatic rings. The fourth-order valence-electron chi connectivity index (χ4n) is 4.75. The molecular formula is C23H21F3N4O2S. The van der Waals surface area contributed by atoms with Crippen LogP contribution in [-0.2, 0) is 4.74 Å². The molecule has 0 aliphatic carbocycles. The number of aromatic nitrogens is 2. The summed E-state index contributed by atoms with van der Waals surface area (Å²) >= 11 is 1.36. The van der Waals surface area contributed by atoms with E-state index in [1.54, 1.807) is 22.4 Å². The summed E-state index contributed by atoms with van der Waals surface area (Å²) < 4.78 is 54.4. The van der Waals surface area contributed by atoms with Crippen LogP contribution >= 0.6 is 11.3 Å². The lowest BCUT2D eigenvalue weighted by Gasteiger charge is -2.46. The van der Waals surface area contributed by atoms with Crippen molar-refractivity contribution in [2.75, 3.05) is 32.8 Å². The third kappa shape index (κ3) is 4.40. The predicted octanol–water partition coefficient (Wildman–Crippen LogP) is 4.35. The minimum Gasteiger partial charge on any atom is -0.472 e. The van der Waals surface area contributed by atoms with E-state index in [2.05, 4.69) is 9.97 Å². The maximum Gasteiger partial charge on any atom is 0.257 e. The molecule has 2 saturated heterocycles. The molecule has 2 aromatic heterocycles. The van der Waals surface area contributed by atoms with E-state index in [-0.39, 0.29) is 30.0 Å². The zero-order valence-electron chi connectivity index (χ0n) is 17.8. The van der Waals surface area contributed by atoms with Gasteiger partial charge in [0.25, 0.3) is 5.92 Å². The summed E-state index contributed by atoms with van der Waals surface area (Å²) in [5.74, 6) is -2.96. The molecule has 2 fully saturated rings. The van der Waals surface area contributed by atoms with Crippen LogP contribution in [0.3, 0.4) is 0 Å². The van der Waals surface area contributed by atoms with Gasteiger partial charge in [-0.05, 0) is 12.1 Å². The molecule has 1 aromatic carbocycles. The number of hydrogen-bond donors (Lipinski definition) is 0. The molecule has 0 N–H and O–H groups in total. The summed E-state index contributed by atoms with van der Waals surface area (Å²) in [6, 6.07) is 6.26. The lowest BCUT2D eigenvalue weighted by molar-refractivity contribution is -0.128. The fraction of sp³-hybridized carbons (Fsp3) is 0.435. The molecule has 0 radical (unpaired) electrons. The van der Waals surface area contributed by atoms with Gasteiger partial charge in [0.05, 0.1) is 36.9 Å². The predicted molar refractivity (Wildman–Crippen MR) is 117 cm³/mol. The monoisotopic (exact) mass is 474 g/mol. The Morgan fingerprint density at radius 3 is 2.67 bits per heavy atom. The maximum absolute atomic E-state index is 14.6. The van der Waals surface area contributed by atoms with Crippen molar-refractivity contribution in [1.82, 2.24) is 14.9 Å². The topological polar surface area (TPSA) is 71.3 Å². The molecular weight excluding hydrogens is 453 g/mol. The van der Waals surface area contributed by atoms with Gasteiger partial charge in [-0.2, -0.15) is 5.26 Å². The summed E-state index contributed by atoms with van der Waals surface area (Å²) in [5.41, 5.74) is 1.77. The minimum atomic E-state index is -2.75. The molecule has 2 aliphatic rings. The number of hydrogen-bond acceptors (Lipinski definition) is 7. The number of nitrogens with zero attached hydrogens (tertiary/aromatic N) is 4. The fourth-order valence-corrected chi connectivity index (χ4v) is 5.70. The van der Waals surface area contributed by atoms with E-state index in [1.165, 1.54) is 23.7 Å². The Balaban J connectivity index is 1.42. The van der Waals surface area contributed by atoms with E-state index < -0.39 is 11.7 Å². The lowest BCUT2D eigenvalue weighted by atomic mass is 9.84. The first-order chi connectivity index (χ1) is 15.8. The Morgan fingerprint density at radius 2 is 2.00 bits per heavy atom. The normalized spacial score (nSPS) is 23.4. The summed E-state index contributed by atoms with van der Waals surface area (Å²) in [4.78, 5) is 10.5. The zero-order chi connectivity index (χ0) is 23.2. The van der Waals surface area contributed by atoms with Gasteiger partial charge in [0.15, 0.2) is 0 Å². The van der Waals surface area contributed by atoms with E-state index in [0.717, 1.165) is 6.92 Å². The number of nitriles is 1. The highest BCUT2D eigenvalue weighted by molar-refractivity contribution is 7.18. The molecule has 0 saturated carbocycles. The van der Waals surface area contributed by atoms with Gasteiger partial charge in [-0.1, -0.05) is 6.07 Å². The summed E-state index contributed by atoms with van der Waals surface area (Å²) in [5, 5.41) is 10.8. The van der Waals surface area contributed by atoms with Crippen LogP contribution < -0.4 is 4.74 Å². The summed E-state index contributed by atoms with van der Waals surface area (Å²) in [6.07, 6.45) is 1.17. The Hall–Kier alpha value is -2.74. The van der Waals surface area contributed by atoms with Gasteiger partial charge in [0.1, 0.15) is 22.9 Å². The Labute approximate surface area is 192 Å². The molecule has 2 unspecified atom stereocenters. The second-order valence-corrected chi connectivity index (χ2v) is 9.60. The largest absolute Gasteiger partial charge is 0.472 e. The molecule has 33 heavy (non-hydrogen) atoms. The Bertz CT molecular complexity index is 1210. The van der Waals surface area contributed by atoms with Gasteiger partial charge in [-0.25, -0.2) is 23.1 Å². The Kier molecular flexibility index (Phi) is 5.72. The van der Waals surface area contributed by atoms with Crippen LogP contribution in [-0.4, -0.2) is 59.7 Å². The first-order valence-corrected chi connectivity index (χ1v) is 11.5. The van der Waals surface area contributed by atoms with Crippen LogP contribution in [0.4, 0.5) is 13.2 Å². The average molecular weight is 475 g/mol. The molecule has 0 amide bonds. The van der Waals surface area contributed by atoms with Crippen LogP contribution in [0.2, 0.25) is 0 Å². The highest BCUT2D eigenvalue weighted by Crippen LogP contribution is 2.40. The molecule has 2 bridgehead atoms. The zero-order valence-corrected chi connectivity index (χ0v) is 18.6. The number of fused-ring (bicyclic) bond motifs is 3. The second-order valence-electron chi connectivity index (χ2n) is 8.72. The van der Waals surface area contributed by atoms with E-state index in [4.69, 9.17) is 14.7 Å². The summed E-state index contributed by atoms with van der Waals surface area (Å²) in [6.45, 7) is 2.45. The van der Waals surface area contributed by atoms with Crippen molar-refractivity contribution in [3.05, 3.63) is 41.3 Å². The number of rotatable bonds is 5. The van der Waals surface area contributed by atoms with E-state index >= 15 is 0 Å². The minimum absolute atomic E-state index is 0.0553. The molecule has 2 aliphatic heterocycles. The van der Waals surface area contributed by atoms with E-state index in [9.17, 15) is 13.2 Å². The highest BCUT2D eigenvalue weighted by Gasteiger charge is 2.44. The van der Waals surface area contributed by atoms with Crippen molar-refractivity contribution in [3.8, 4) is 23.1 Å². The number of thiophene rings is 1. The Morgan fingerprint density at radius 1 is 1.24 bits per heavy atom. The van der Waals surface area contributed by atoms with Gasteiger partial charge < -0.3 is 9.47 Å². The first kappa shape index (κ1) is 22.1. The second kappa shape index (κ2) is 8.56. The van der Waals surface area contributed by atoms with Crippen molar-refractivity contribution in [2.24, 2.45) is 11.8 Å². The molecule has 172 valence electrons. The van der Waals surface area contributed by atoms with Crippen LogP contribution in [0, 0.1) is 29.0 Å². The molecule has 5 rings (SSSR count). The molecule has 2 atom stereocenters. The van der Waals surface area contributed by atoms with Crippen molar-refractivity contribution < 1.29 is 22.6 Å². The van der Waals surface area contributed by atoms with Gasteiger partial charge in [0.2, 0.25) is 5.88 Å². The SMILES string of the molecule is CC(F)(F)CN1CC2COCC(C1)C2Oc1ncnc2c(-c3ccc(C#N)cc3F)csc12. The first-order valence-electron chi connectivity index (χ1n) is 10.6. The quantitative estimate of drug-likeness (QED) is 0.548. The van der Waals surface area contributed by atoms with Crippen molar-refractivity contribution >= 4 is 21.6 Å². The number of likely N-dealkylation sites (tertiary alicyclic amines) is 1. The van der Waals surface area contributed by atoms with Gasteiger partial charge in [-0.15, -0.1) is 11.3 Å². The number of halogens is 3. The maximum atomic E-state index is 14.6. The van der Waals surface area contributed by atoms with Gasteiger partial charge >= 0.3 is 0 Å². The molecule has 0 spiro atoms. The van der Waals surface area contributed by atoms with Crippen molar-refractivity contribution in [1.29, 1.82) is 5.26 Å².